The molecule has 2 aromatic heterocycles. The Morgan fingerprint density at radius 2 is 1.84 bits per heavy atom. The third-order valence-corrected chi connectivity index (χ3v) is 3.36. The van der Waals surface area contributed by atoms with Gasteiger partial charge in [0.2, 0.25) is 5.91 Å². The highest BCUT2D eigenvalue weighted by Crippen LogP contribution is 2.14. The molecule has 0 saturated heterocycles. The molecule has 0 atom stereocenters. The molecule has 1 aliphatic rings. The highest BCUT2D eigenvalue weighted by atomic mass is 16.2. The lowest BCUT2D eigenvalue weighted by molar-refractivity contribution is -0.116. The van der Waals surface area contributed by atoms with Gasteiger partial charge in [0.15, 0.2) is 11.2 Å². The van der Waals surface area contributed by atoms with E-state index in [4.69, 9.17) is 0 Å². The van der Waals surface area contributed by atoms with Crippen LogP contribution in [0, 0.1) is 0 Å². The van der Waals surface area contributed by atoms with Crippen molar-refractivity contribution in [1.82, 2.24) is 18.8 Å². The maximum absolute atomic E-state index is 12.0. The number of hydrogen-bond donors (Lipinski definition) is 1. The second-order valence-corrected chi connectivity index (χ2v) is 4.63. The predicted octanol–water partition coefficient (Wildman–Crippen LogP) is -1.16. The largest absolute Gasteiger partial charge is 0.332 e. The zero-order valence-corrected chi connectivity index (χ0v) is 10.6. The number of amides is 1. The van der Waals surface area contributed by atoms with E-state index >= 15 is 0 Å². The summed E-state index contributed by atoms with van der Waals surface area (Å²) >= 11 is 0. The quantitative estimate of drug-likeness (QED) is 0.649. The molecule has 3 rings (SSSR count). The van der Waals surface area contributed by atoms with Gasteiger partial charge in [-0.2, -0.15) is 0 Å². The first-order valence-electron chi connectivity index (χ1n) is 5.98. The first kappa shape index (κ1) is 11.7. The molecule has 0 fully saturated rings. The van der Waals surface area contributed by atoms with E-state index in [1.165, 1.54) is 16.3 Å². The number of nitrogens with zero attached hydrogens (tertiary/aromatic N) is 4. The highest BCUT2D eigenvalue weighted by molar-refractivity contribution is 5.86. The molecular formula is C11H13N5O3. The van der Waals surface area contributed by atoms with Crippen molar-refractivity contribution in [2.75, 3.05) is 5.43 Å². The van der Waals surface area contributed by atoms with E-state index in [2.05, 4.69) is 10.4 Å². The third kappa shape index (κ3) is 1.52. The Morgan fingerprint density at radius 1 is 1.11 bits per heavy atom. The number of nitrogens with one attached hydrogen (secondary N) is 1. The monoisotopic (exact) mass is 263 g/mol. The average Bonchev–Trinajstić information content (AvgIpc) is 2.63. The van der Waals surface area contributed by atoms with Crippen LogP contribution in [0.3, 0.4) is 0 Å². The van der Waals surface area contributed by atoms with Crippen molar-refractivity contribution in [3.63, 3.8) is 0 Å². The maximum atomic E-state index is 12.0. The van der Waals surface area contributed by atoms with Gasteiger partial charge in [-0.3, -0.25) is 24.1 Å². The van der Waals surface area contributed by atoms with Gasteiger partial charge in [0.05, 0.1) is 0 Å². The van der Waals surface area contributed by atoms with Gasteiger partial charge in [-0.15, -0.1) is 0 Å². The summed E-state index contributed by atoms with van der Waals surface area (Å²) < 4.78 is 3.78. The number of imidazole rings is 1. The summed E-state index contributed by atoms with van der Waals surface area (Å²) in [6, 6.07) is 0. The fraction of sp³-hybridized carbons (Fsp3) is 0.455. The molecule has 19 heavy (non-hydrogen) atoms. The lowest BCUT2D eigenvalue weighted by Gasteiger charge is -2.09. The van der Waals surface area contributed by atoms with Crippen molar-refractivity contribution in [2.24, 2.45) is 14.1 Å². The second kappa shape index (κ2) is 3.81. The topological polar surface area (TPSA) is 90.9 Å². The van der Waals surface area contributed by atoms with E-state index in [-0.39, 0.29) is 11.4 Å². The Bertz CT molecular complexity index is 810. The van der Waals surface area contributed by atoms with Crippen LogP contribution in [0.2, 0.25) is 0 Å². The van der Waals surface area contributed by atoms with Crippen LogP contribution < -0.4 is 16.7 Å². The van der Waals surface area contributed by atoms with Crippen molar-refractivity contribution in [3.8, 4) is 0 Å². The van der Waals surface area contributed by atoms with Crippen molar-refractivity contribution < 1.29 is 4.79 Å². The molecule has 8 nitrogen and oxygen atoms in total. The lowest BCUT2D eigenvalue weighted by Crippen LogP contribution is -2.38. The average molecular weight is 263 g/mol. The molecule has 1 N–H and O–H groups in total. The fourth-order valence-corrected chi connectivity index (χ4v) is 2.34. The van der Waals surface area contributed by atoms with Crippen molar-refractivity contribution in [1.29, 1.82) is 0 Å². The number of aryl methyl sites for hydroxylation is 2. The molecule has 0 radical (unpaired) electrons. The maximum Gasteiger partial charge on any atom is 0.332 e. The molecule has 3 heterocycles. The lowest BCUT2D eigenvalue weighted by atomic mass is 10.2. The van der Waals surface area contributed by atoms with E-state index < -0.39 is 11.2 Å². The molecule has 1 amide bonds. The van der Waals surface area contributed by atoms with Crippen molar-refractivity contribution >= 4 is 17.1 Å². The van der Waals surface area contributed by atoms with Gasteiger partial charge in [-0.1, -0.05) is 0 Å². The Balaban J connectivity index is 2.47. The minimum Gasteiger partial charge on any atom is -0.279 e. The minimum absolute atomic E-state index is 0.147. The van der Waals surface area contributed by atoms with Crippen LogP contribution in [0.1, 0.15) is 18.7 Å². The number of carbonyl (C=O) groups excluding carboxylic acids is 1. The van der Waals surface area contributed by atoms with Crippen LogP contribution in [0.4, 0.5) is 0 Å². The van der Waals surface area contributed by atoms with Crippen LogP contribution in [0.25, 0.3) is 11.2 Å². The van der Waals surface area contributed by atoms with Crippen molar-refractivity contribution in [3.05, 3.63) is 26.7 Å². The Morgan fingerprint density at radius 3 is 2.58 bits per heavy atom. The van der Waals surface area contributed by atoms with Crippen LogP contribution >= 0.6 is 0 Å². The zero-order valence-electron chi connectivity index (χ0n) is 10.6. The SMILES string of the molecule is Cn1c(=O)c2nc3n(c2n(C)c1=O)NC(=O)CCC3. The summed E-state index contributed by atoms with van der Waals surface area (Å²) in [4.78, 5) is 39.8. The van der Waals surface area contributed by atoms with Crippen LogP contribution in [0.15, 0.2) is 9.59 Å². The summed E-state index contributed by atoms with van der Waals surface area (Å²) in [5.41, 5.74) is 2.30. The molecule has 8 heteroatoms. The molecule has 0 aromatic carbocycles. The van der Waals surface area contributed by atoms with Gasteiger partial charge < -0.3 is 0 Å². The smallest absolute Gasteiger partial charge is 0.279 e. The molecule has 2 aromatic rings. The first-order valence-corrected chi connectivity index (χ1v) is 5.98. The number of aromatic nitrogens is 4. The standard InChI is InChI=1S/C11H13N5O3/c1-14-9-8(10(18)15(2)11(14)19)12-6-4-3-5-7(17)13-16(6)9/h3-5H2,1-2H3,(H,13,17). The third-order valence-electron chi connectivity index (χ3n) is 3.36. The van der Waals surface area contributed by atoms with E-state index in [1.54, 1.807) is 7.05 Å². The molecule has 0 bridgehead atoms. The number of fused-ring (bicyclic) bond motifs is 3. The molecule has 0 spiro atoms. The second-order valence-electron chi connectivity index (χ2n) is 4.63. The fourth-order valence-electron chi connectivity index (χ4n) is 2.34. The van der Waals surface area contributed by atoms with E-state index in [0.29, 0.717) is 30.7 Å². The van der Waals surface area contributed by atoms with E-state index in [9.17, 15) is 14.4 Å². The van der Waals surface area contributed by atoms with Gasteiger partial charge in [0, 0.05) is 26.9 Å². The van der Waals surface area contributed by atoms with Crippen LogP contribution in [-0.2, 0) is 25.3 Å². The number of hydrogen-bond acceptors (Lipinski definition) is 4. The minimum atomic E-state index is -0.451. The summed E-state index contributed by atoms with van der Waals surface area (Å²) in [6.45, 7) is 0. The highest BCUT2D eigenvalue weighted by Gasteiger charge is 2.22. The van der Waals surface area contributed by atoms with Gasteiger partial charge in [0.25, 0.3) is 5.56 Å². The van der Waals surface area contributed by atoms with Crippen molar-refractivity contribution in [2.45, 2.75) is 19.3 Å². The van der Waals surface area contributed by atoms with E-state index in [1.807, 2.05) is 0 Å². The summed E-state index contributed by atoms with van der Waals surface area (Å²) in [5, 5.41) is 0. The zero-order chi connectivity index (χ0) is 13.7. The van der Waals surface area contributed by atoms with Gasteiger partial charge >= 0.3 is 5.69 Å². The molecule has 0 saturated carbocycles. The normalized spacial score (nSPS) is 15.2. The molecule has 0 unspecified atom stereocenters. The molecule has 0 aliphatic carbocycles. The first-order chi connectivity index (χ1) is 9.00. The Kier molecular flexibility index (Phi) is 2.34. The Hall–Kier alpha value is -2.38. The summed E-state index contributed by atoms with van der Waals surface area (Å²) in [5.74, 6) is 0.449. The number of carbonyl (C=O) groups is 1. The molecule has 100 valence electrons. The Labute approximate surface area is 107 Å². The van der Waals surface area contributed by atoms with Crippen LogP contribution in [0.5, 0.6) is 0 Å². The summed E-state index contributed by atoms with van der Waals surface area (Å²) in [7, 11) is 2.96. The summed E-state index contributed by atoms with van der Waals surface area (Å²) in [6.07, 6.45) is 1.66. The van der Waals surface area contributed by atoms with E-state index in [0.717, 1.165) is 4.57 Å². The molecule has 1 aliphatic heterocycles. The predicted molar refractivity (Wildman–Crippen MR) is 67.5 cm³/mol. The van der Waals surface area contributed by atoms with Gasteiger partial charge in [0.1, 0.15) is 5.82 Å². The van der Waals surface area contributed by atoms with Gasteiger partial charge in [-0.25, -0.2) is 14.5 Å². The van der Waals surface area contributed by atoms with Gasteiger partial charge in [-0.05, 0) is 6.42 Å². The van der Waals surface area contributed by atoms with Crippen LogP contribution in [-0.4, -0.2) is 24.7 Å². The number of rotatable bonds is 0. The molecular weight excluding hydrogens is 250 g/mol.